The van der Waals surface area contributed by atoms with Crippen LogP contribution in [0.25, 0.3) is 44.3 Å². The number of hydrogen-bond acceptors (Lipinski definition) is 4. The maximum Gasteiger partial charge on any atom is 0.0939 e. The van der Waals surface area contributed by atoms with Crippen molar-refractivity contribution in [1.29, 1.82) is 0 Å². The Balaban J connectivity index is 1.79. The Bertz CT molecular complexity index is 1260. The predicted molar refractivity (Wildman–Crippen MR) is 121 cm³/mol. The van der Waals surface area contributed by atoms with E-state index in [1.54, 1.807) is 0 Å². The monoisotopic (exact) mass is 376 g/mol. The fraction of sp³-hybridized carbons (Fsp3) is 0.0400. The number of nitrogen functional groups attached to an aromatic ring is 2. The van der Waals surface area contributed by atoms with Gasteiger partial charge in [-0.3, -0.25) is 0 Å². The van der Waals surface area contributed by atoms with E-state index in [1.165, 1.54) is 0 Å². The third-order valence-electron chi connectivity index (χ3n) is 5.28. The fourth-order valence-corrected chi connectivity index (χ4v) is 3.85. The second-order valence-corrected chi connectivity index (χ2v) is 7.23. The van der Waals surface area contributed by atoms with E-state index >= 15 is 0 Å². The molecule has 0 amide bonds. The van der Waals surface area contributed by atoms with Crippen LogP contribution in [0.1, 0.15) is 5.56 Å². The summed E-state index contributed by atoms with van der Waals surface area (Å²) in [5, 5.41) is 1.97. The molecule has 5 rings (SSSR count). The summed E-state index contributed by atoms with van der Waals surface area (Å²) < 4.78 is 0. The van der Waals surface area contributed by atoms with Crippen LogP contribution in [0.4, 0.5) is 11.4 Å². The molecule has 0 radical (unpaired) electrons. The lowest BCUT2D eigenvalue weighted by molar-refractivity contribution is 1.34. The van der Waals surface area contributed by atoms with Crippen LogP contribution in [-0.4, -0.2) is 9.97 Å². The zero-order valence-electron chi connectivity index (χ0n) is 16.1. The van der Waals surface area contributed by atoms with E-state index in [4.69, 9.17) is 21.4 Å². The second kappa shape index (κ2) is 6.60. The Hall–Kier alpha value is -3.92. The summed E-state index contributed by atoms with van der Waals surface area (Å²) >= 11 is 0. The predicted octanol–water partition coefficient (Wildman–Crippen LogP) is 5.59. The van der Waals surface area contributed by atoms with Crippen molar-refractivity contribution in [3.8, 4) is 22.5 Å². The maximum absolute atomic E-state index is 6.34. The minimum atomic E-state index is 0.657. The van der Waals surface area contributed by atoms with Gasteiger partial charge >= 0.3 is 0 Å². The Morgan fingerprint density at radius 2 is 1.00 bits per heavy atom. The molecule has 140 valence electrons. The molecule has 0 fully saturated rings. The van der Waals surface area contributed by atoms with Crippen LogP contribution >= 0.6 is 0 Å². The highest BCUT2D eigenvalue weighted by Crippen LogP contribution is 2.34. The van der Waals surface area contributed by atoms with E-state index in [0.717, 1.165) is 49.9 Å². The van der Waals surface area contributed by atoms with Crippen LogP contribution in [0.2, 0.25) is 0 Å². The number of pyridine rings is 2. The third kappa shape index (κ3) is 2.86. The van der Waals surface area contributed by atoms with Gasteiger partial charge in [0.1, 0.15) is 0 Å². The molecular formula is C25H20N4. The first-order chi connectivity index (χ1) is 14.1. The summed E-state index contributed by atoms with van der Waals surface area (Å²) in [6, 6.07) is 26.0. The molecule has 0 unspecified atom stereocenters. The van der Waals surface area contributed by atoms with Crippen LogP contribution in [0.15, 0.2) is 78.9 Å². The maximum atomic E-state index is 6.34. The summed E-state index contributed by atoms with van der Waals surface area (Å²) in [4.78, 5) is 9.85. The number of benzene rings is 3. The first-order valence-corrected chi connectivity index (χ1v) is 9.53. The Kier molecular flexibility index (Phi) is 3.91. The molecule has 0 aliphatic rings. The molecule has 0 spiro atoms. The van der Waals surface area contributed by atoms with Crippen molar-refractivity contribution in [2.24, 2.45) is 0 Å². The summed E-state index contributed by atoms with van der Waals surface area (Å²) in [5.41, 5.74) is 20.4. The lowest BCUT2D eigenvalue weighted by Gasteiger charge is -2.13. The molecule has 0 aliphatic carbocycles. The quantitative estimate of drug-likeness (QED) is 0.394. The second-order valence-electron chi connectivity index (χ2n) is 7.23. The molecular weight excluding hydrogens is 356 g/mol. The van der Waals surface area contributed by atoms with Crippen molar-refractivity contribution >= 4 is 33.2 Å². The number of nitrogens with zero attached hydrogens (tertiary/aromatic N) is 2. The molecule has 5 aromatic rings. The smallest absolute Gasteiger partial charge is 0.0939 e. The zero-order valence-corrected chi connectivity index (χ0v) is 16.1. The van der Waals surface area contributed by atoms with Gasteiger partial charge in [-0.2, -0.15) is 0 Å². The third-order valence-corrected chi connectivity index (χ3v) is 5.28. The summed E-state index contributed by atoms with van der Waals surface area (Å²) in [7, 11) is 0. The molecule has 3 aromatic carbocycles. The van der Waals surface area contributed by atoms with Gasteiger partial charge in [0, 0.05) is 27.5 Å². The van der Waals surface area contributed by atoms with E-state index in [0.29, 0.717) is 11.4 Å². The summed E-state index contributed by atoms with van der Waals surface area (Å²) in [6.07, 6.45) is 0. The highest BCUT2D eigenvalue weighted by Gasteiger charge is 2.14. The van der Waals surface area contributed by atoms with E-state index < -0.39 is 0 Å². The molecule has 2 heterocycles. The summed E-state index contributed by atoms with van der Waals surface area (Å²) in [6.45, 7) is 2.06. The number of hydrogen-bond donors (Lipinski definition) is 2. The molecule has 0 aliphatic heterocycles. The number of aromatic nitrogens is 2. The van der Waals surface area contributed by atoms with Crippen LogP contribution < -0.4 is 11.5 Å². The number of fused-ring (bicyclic) bond motifs is 2. The van der Waals surface area contributed by atoms with Crippen molar-refractivity contribution in [2.45, 2.75) is 6.92 Å². The number of rotatable bonds is 2. The molecule has 0 saturated heterocycles. The van der Waals surface area contributed by atoms with Crippen molar-refractivity contribution < 1.29 is 0 Å². The fourth-order valence-electron chi connectivity index (χ4n) is 3.85. The number of nitrogens with two attached hydrogens (primary N) is 2. The highest BCUT2D eigenvalue weighted by molar-refractivity contribution is 6.03. The van der Waals surface area contributed by atoms with Gasteiger partial charge in [0.25, 0.3) is 0 Å². The van der Waals surface area contributed by atoms with E-state index in [-0.39, 0.29) is 0 Å². The molecule has 0 atom stereocenters. The van der Waals surface area contributed by atoms with Gasteiger partial charge < -0.3 is 11.5 Å². The van der Waals surface area contributed by atoms with Gasteiger partial charge in [0.05, 0.1) is 33.8 Å². The van der Waals surface area contributed by atoms with E-state index in [2.05, 4.69) is 13.0 Å². The normalized spacial score (nSPS) is 11.2. The first-order valence-electron chi connectivity index (χ1n) is 9.53. The van der Waals surface area contributed by atoms with Crippen LogP contribution in [0.5, 0.6) is 0 Å². The molecule has 0 bridgehead atoms. The molecule has 0 saturated carbocycles. The van der Waals surface area contributed by atoms with Gasteiger partial charge in [0.15, 0.2) is 0 Å². The lowest BCUT2D eigenvalue weighted by Crippen LogP contribution is -1.99. The Morgan fingerprint density at radius 3 is 1.41 bits per heavy atom. The van der Waals surface area contributed by atoms with E-state index in [9.17, 15) is 0 Å². The van der Waals surface area contributed by atoms with Crippen LogP contribution in [0.3, 0.4) is 0 Å². The summed E-state index contributed by atoms with van der Waals surface area (Å²) in [5.74, 6) is 0. The number of aryl methyl sites for hydroxylation is 1. The lowest BCUT2D eigenvalue weighted by atomic mass is 10.0. The van der Waals surface area contributed by atoms with Gasteiger partial charge in [-0.05, 0) is 25.1 Å². The Labute approximate surface area is 168 Å². The minimum absolute atomic E-state index is 0.657. The Morgan fingerprint density at radius 1 is 0.586 bits per heavy atom. The number of anilines is 2. The molecule has 4 nitrogen and oxygen atoms in total. The van der Waals surface area contributed by atoms with Crippen LogP contribution in [-0.2, 0) is 0 Å². The molecule has 4 heteroatoms. The van der Waals surface area contributed by atoms with Gasteiger partial charge in [-0.25, -0.2) is 9.97 Å². The van der Waals surface area contributed by atoms with E-state index in [1.807, 2.05) is 72.8 Å². The molecule has 29 heavy (non-hydrogen) atoms. The first kappa shape index (κ1) is 17.2. The van der Waals surface area contributed by atoms with Crippen molar-refractivity contribution in [3.05, 3.63) is 84.4 Å². The SMILES string of the molecule is Cc1c2nc(-c3ccccc3)c(N)cc2cc2cc(N)c(-c3ccccc3)nc12. The van der Waals surface area contributed by atoms with Gasteiger partial charge in [-0.15, -0.1) is 0 Å². The van der Waals surface area contributed by atoms with Crippen molar-refractivity contribution in [1.82, 2.24) is 9.97 Å². The minimum Gasteiger partial charge on any atom is -0.397 e. The van der Waals surface area contributed by atoms with Gasteiger partial charge in [-0.1, -0.05) is 60.7 Å². The zero-order chi connectivity index (χ0) is 20.0. The standard InChI is InChI=1S/C25H20N4/c1-15-22-18(13-20(26)24(28-22)16-8-4-2-5-9-16)12-19-14-21(27)25(29-23(15)19)17-10-6-3-7-11-17/h2-14H,26-27H2,1H3. The molecule has 2 aromatic heterocycles. The largest absolute Gasteiger partial charge is 0.397 e. The average molecular weight is 376 g/mol. The van der Waals surface area contributed by atoms with Crippen molar-refractivity contribution in [3.63, 3.8) is 0 Å². The average Bonchev–Trinajstić information content (AvgIpc) is 2.74. The topological polar surface area (TPSA) is 77.8 Å². The van der Waals surface area contributed by atoms with Crippen LogP contribution in [0, 0.1) is 6.92 Å². The highest BCUT2D eigenvalue weighted by atomic mass is 14.8. The van der Waals surface area contributed by atoms with Crippen molar-refractivity contribution in [2.75, 3.05) is 11.5 Å². The molecule has 4 N–H and O–H groups in total. The van der Waals surface area contributed by atoms with Gasteiger partial charge in [0.2, 0.25) is 0 Å².